The highest BCUT2D eigenvalue weighted by molar-refractivity contribution is 7.99. The molecular formula is C21H25N3OS. The highest BCUT2D eigenvalue weighted by Crippen LogP contribution is 2.13. The van der Waals surface area contributed by atoms with Gasteiger partial charge in [0.05, 0.1) is 17.4 Å². The predicted molar refractivity (Wildman–Crippen MR) is 108 cm³/mol. The lowest BCUT2D eigenvalue weighted by Gasteiger charge is -2.24. The third-order valence-electron chi connectivity index (χ3n) is 4.16. The smallest absolute Gasteiger partial charge is 0.230 e. The maximum Gasteiger partial charge on any atom is 0.230 e. The number of nitrogens with zero attached hydrogens (tertiary/aromatic N) is 2. The second-order valence-electron chi connectivity index (χ2n) is 6.41. The van der Waals surface area contributed by atoms with Gasteiger partial charge < -0.3 is 10.2 Å². The number of benzene rings is 2. The summed E-state index contributed by atoms with van der Waals surface area (Å²) in [6.07, 6.45) is 0.909. The molecular weight excluding hydrogens is 342 g/mol. The molecule has 2 rings (SSSR count). The first-order chi connectivity index (χ1) is 12.6. The van der Waals surface area contributed by atoms with Crippen LogP contribution in [-0.4, -0.2) is 43.2 Å². The Hall–Kier alpha value is -2.29. The van der Waals surface area contributed by atoms with E-state index in [0.717, 1.165) is 17.7 Å². The van der Waals surface area contributed by atoms with Crippen molar-refractivity contribution in [2.75, 3.05) is 26.4 Å². The number of amides is 1. The molecule has 2 aromatic carbocycles. The van der Waals surface area contributed by atoms with Crippen molar-refractivity contribution < 1.29 is 4.79 Å². The van der Waals surface area contributed by atoms with Gasteiger partial charge in [-0.15, -0.1) is 11.8 Å². The Morgan fingerprint density at radius 2 is 1.81 bits per heavy atom. The van der Waals surface area contributed by atoms with Crippen molar-refractivity contribution in [3.63, 3.8) is 0 Å². The molecule has 0 spiro atoms. The van der Waals surface area contributed by atoms with Crippen LogP contribution in [0.1, 0.15) is 16.7 Å². The van der Waals surface area contributed by atoms with Crippen LogP contribution in [0.15, 0.2) is 54.6 Å². The zero-order valence-corrected chi connectivity index (χ0v) is 16.1. The van der Waals surface area contributed by atoms with Crippen LogP contribution in [-0.2, 0) is 17.0 Å². The van der Waals surface area contributed by atoms with Crippen molar-refractivity contribution >= 4 is 17.7 Å². The maximum atomic E-state index is 12.1. The fourth-order valence-corrected chi connectivity index (χ4v) is 3.36. The number of nitriles is 1. The zero-order valence-electron chi connectivity index (χ0n) is 15.3. The third kappa shape index (κ3) is 6.91. The van der Waals surface area contributed by atoms with Crippen LogP contribution in [0.3, 0.4) is 0 Å². The number of likely N-dealkylation sites (N-methyl/N-ethyl adjacent to an activating group) is 1. The van der Waals surface area contributed by atoms with Gasteiger partial charge >= 0.3 is 0 Å². The molecule has 0 aliphatic rings. The highest BCUT2D eigenvalue weighted by Gasteiger charge is 2.13. The molecule has 0 aromatic heterocycles. The number of carbonyl (C=O) groups excluding carboxylic acids is 1. The van der Waals surface area contributed by atoms with Crippen LogP contribution in [0.4, 0.5) is 0 Å². The fraction of sp³-hybridized carbons (Fsp3) is 0.333. The third-order valence-corrected chi connectivity index (χ3v) is 5.17. The molecule has 1 atom stereocenters. The topological polar surface area (TPSA) is 56.1 Å². The van der Waals surface area contributed by atoms with E-state index in [1.165, 1.54) is 5.56 Å². The van der Waals surface area contributed by atoms with Gasteiger partial charge in [0.2, 0.25) is 5.91 Å². The van der Waals surface area contributed by atoms with Crippen molar-refractivity contribution in [2.45, 2.75) is 18.2 Å². The van der Waals surface area contributed by atoms with Gasteiger partial charge in [0.1, 0.15) is 0 Å². The van der Waals surface area contributed by atoms with Gasteiger partial charge in [-0.2, -0.15) is 5.26 Å². The molecule has 1 unspecified atom stereocenters. The number of hydrogen-bond donors (Lipinski definition) is 1. The van der Waals surface area contributed by atoms with Gasteiger partial charge in [0.25, 0.3) is 0 Å². The SMILES string of the molecule is CN(C)C(CNC(=O)CSCc1ccc(C#N)cc1)Cc1ccccc1. The van der Waals surface area contributed by atoms with E-state index in [1.807, 2.05) is 44.4 Å². The van der Waals surface area contributed by atoms with E-state index in [0.29, 0.717) is 17.9 Å². The van der Waals surface area contributed by atoms with Gasteiger partial charge in [0.15, 0.2) is 0 Å². The molecule has 4 nitrogen and oxygen atoms in total. The van der Waals surface area contributed by atoms with Gasteiger partial charge in [-0.05, 0) is 43.8 Å². The summed E-state index contributed by atoms with van der Waals surface area (Å²) in [7, 11) is 4.08. The minimum absolute atomic E-state index is 0.0588. The van der Waals surface area contributed by atoms with Crippen molar-refractivity contribution in [1.29, 1.82) is 5.26 Å². The molecule has 1 N–H and O–H groups in total. The minimum atomic E-state index is 0.0588. The molecule has 136 valence electrons. The fourth-order valence-electron chi connectivity index (χ4n) is 2.54. The first kappa shape index (κ1) is 20.0. The first-order valence-electron chi connectivity index (χ1n) is 8.62. The van der Waals surface area contributed by atoms with Crippen LogP contribution in [0, 0.1) is 11.3 Å². The Kier molecular flexibility index (Phi) is 8.20. The minimum Gasteiger partial charge on any atom is -0.354 e. The number of carbonyl (C=O) groups is 1. The summed E-state index contributed by atoms with van der Waals surface area (Å²) >= 11 is 1.58. The summed E-state index contributed by atoms with van der Waals surface area (Å²) in [6.45, 7) is 0.637. The van der Waals surface area contributed by atoms with Crippen LogP contribution in [0.2, 0.25) is 0 Å². The lowest BCUT2D eigenvalue weighted by molar-refractivity contribution is -0.118. The zero-order chi connectivity index (χ0) is 18.8. The molecule has 0 saturated carbocycles. The van der Waals surface area contributed by atoms with E-state index in [2.05, 4.69) is 28.4 Å². The van der Waals surface area contributed by atoms with Gasteiger partial charge in [-0.25, -0.2) is 0 Å². The normalized spacial score (nSPS) is 11.8. The molecule has 5 heteroatoms. The summed E-state index contributed by atoms with van der Waals surface area (Å²) < 4.78 is 0. The second-order valence-corrected chi connectivity index (χ2v) is 7.40. The summed E-state index contributed by atoms with van der Waals surface area (Å²) in [5.74, 6) is 1.26. The maximum absolute atomic E-state index is 12.1. The number of thioether (sulfide) groups is 1. The summed E-state index contributed by atoms with van der Waals surface area (Å²) in [5, 5.41) is 11.8. The lowest BCUT2D eigenvalue weighted by Crippen LogP contribution is -2.42. The summed E-state index contributed by atoms with van der Waals surface area (Å²) in [6, 6.07) is 20.2. The number of rotatable bonds is 9. The van der Waals surface area contributed by atoms with E-state index in [4.69, 9.17) is 5.26 Å². The first-order valence-corrected chi connectivity index (χ1v) is 9.78. The Labute approximate surface area is 160 Å². The van der Waals surface area contributed by atoms with E-state index in [1.54, 1.807) is 23.9 Å². The molecule has 0 heterocycles. The molecule has 26 heavy (non-hydrogen) atoms. The largest absolute Gasteiger partial charge is 0.354 e. The van der Waals surface area contributed by atoms with Crippen LogP contribution in [0.25, 0.3) is 0 Å². The van der Waals surface area contributed by atoms with Gasteiger partial charge in [-0.3, -0.25) is 4.79 Å². The molecule has 0 fully saturated rings. The van der Waals surface area contributed by atoms with Crippen molar-refractivity contribution in [1.82, 2.24) is 10.2 Å². The average molecular weight is 368 g/mol. The lowest BCUT2D eigenvalue weighted by atomic mass is 10.1. The summed E-state index contributed by atoms with van der Waals surface area (Å²) in [4.78, 5) is 14.3. The van der Waals surface area contributed by atoms with E-state index >= 15 is 0 Å². The van der Waals surface area contributed by atoms with Gasteiger partial charge in [-0.1, -0.05) is 42.5 Å². The monoisotopic (exact) mass is 367 g/mol. The van der Waals surface area contributed by atoms with E-state index in [-0.39, 0.29) is 11.9 Å². The van der Waals surface area contributed by atoms with Crippen LogP contribution < -0.4 is 5.32 Å². The van der Waals surface area contributed by atoms with Crippen molar-refractivity contribution in [2.24, 2.45) is 0 Å². The van der Waals surface area contributed by atoms with Crippen LogP contribution in [0.5, 0.6) is 0 Å². The Morgan fingerprint density at radius 1 is 1.12 bits per heavy atom. The number of hydrogen-bond acceptors (Lipinski definition) is 4. The Bertz CT molecular complexity index is 723. The van der Waals surface area contributed by atoms with E-state index < -0.39 is 0 Å². The predicted octanol–water partition coefficient (Wildman–Crippen LogP) is 3.08. The molecule has 0 saturated heterocycles. The Morgan fingerprint density at radius 3 is 2.42 bits per heavy atom. The van der Waals surface area contributed by atoms with Gasteiger partial charge in [0, 0.05) is 18.3 Å². The molecule has 0 radical (unpaired) electrons. The van der Waals surface area contributed by atoms with E-state index in [9.17, 15) is 4.79 Å². The van der Waals surface area contributed by atoms with Crippen molar-refractivity contribution in [3.05, 3.63) is 71.3 Å². The molecule has 2 aromatic rings. The molecule has 0 bridgehead atoms. The number of nitrogens with one attached hydrogen (secondary N) is 1. The van der Waals surface area contributed by atoms with Crippen molar-refractivity contribution in [3.8, 4) is 6.07 Å². The molecule has 0 aliphatic heterocycles. The Balaban J connectivity index is 1.72. The van der Waals surface area contributed by atoms with Crippen LogP contribution >= 0.6 is 11.8 Å². The molecule has 0 aliphatic carbocycles. The average Bonchev–Trinajstić information content (AvgIpc) is 2.66. The molecule has 1 amide bonds. The second kappa shape index (κ2) is 10.6. The highest BCUT2D eigenvalue weighted by atomic mass is 32.2. The standard InChI is InChI=1S/C21H25N3OS/c1-24(2)20(12-17-6-4-3-5-7-17)14-23-21(25)16-26-15-19-10-8-18(13-22)9-11-19/h3-11,20H,12,14-16H2,1-2H3,(H,23,25). The summed E-state index contributed by atoms with van der Waals surface area (Å²) in [5.41, 5.74) is 3.05. The quantitative estimate of drug-likeness (QED) is 0.740.